The topological polar surface area (TPSA) is 53.7 Å². The third kappa shape index (κ3) is 1.95. The Bertz CT molecular complexity index is 520. The molecule has 15 heavy (non-hydrogen) atoms. The lowest BCUT2D eigenvalue weighted by molar-refractivity contribution is 0.953. The highest BCUT2D eigenvalue weighted by Crippen LogP contribution is 2.16. The molecule has 0 atom stereocenters. The number of azide groups is 1. The zero-order valence-electron chi connectivity index (χ0n) is 8.59. The van der Waals surface area contributed by atoms with Gasteiger partial charge in [-0.3, -0.25) is 0 Å². The number of hydrogen-bond donors (Lipinski definition) is 0. The van der Waals surface area contributed by atoms with Crippen molar-refractivity contribution in [1.82, 2.24) is 4.57 Å². The highest BCUT2D eigenvalue weighted by atomic mass is 15.1. The van der Waals surface area contributed by atoms with E-state index in [0.717, 1.165) is 6.42 Å². The van der Waals surface area contributed by atoms with Gasteiger partial charge in [0.15, 0.2) is 0 Å². The van der Waals surface area contributed by atoms with Gasteiger partial charge in [-0.1, -0.05) is 11.2 Å². The minimum absolute atomic E-state index is 0.523. The summed E-state index contributed by atoms with van der Waals surface area (Å²) in [7, 11) is 2.03. The van der Waals surface area contributed by atoms with Crippen LogP contribution in [0.2, 0.25) is 0 Å². The van der Waals surface area contributed by atoms with Crippen LogP contribution in [0, 0.1) is 0 Å². The van der Waals surface area contributed by atoms with Crippen LogP contribution < -0.4 is 0 Å². The van der Waals surface area contributed by atoms with E-state index in [2.05, 4.69) is 38.9 Å². The maximum atomic E-state index is 8.17. The van der Waals surface area contributed by atoms with Crippen LogP contribution in [0.25, 0.3) is 21.3 Å². The molecule has 1 aromatic heterocycles. The fourth-order valence-electron chi connectivity index (χ4n) is 1.71. The van der Waals surface area contributed by atoms with Crippen molar-refractivity contribution in [3.8, 4) is 0 Å². The van der Waals surface area contributed by atoms with Crippen LogP contribution in [0.5, 0.6) is 0 Å². The van der Waals surface area contributed by atoms with Gasteiger partial charge in [-0.2, -0.15) is 0 Å². The summed E-state index contributed by atoms with van der Waals surface area (Å²) in [6, 6.07) is 8.41. The number of hydrogen-bond acceptors (Lipinski definition) is 1. The molecule has 76 valence electrons. The average Bonchev–Trinajstić information content (AvgIpc) is 2.61. The van der Waals surface area contributed by atoms with Gasteiger partial charge in [-0.05, 0) is 41.1 Å². The molecule has 4 heteroatoms. The van der Waals surface area contributed by atoms with Crippen molar-refractivity contribution in [1.29, 1.82) is 0 Å². The molecule has 1 heterocycles. The number of fused-ring (bicyclic) bond motifs is 1. The van der Waals surface area contributed by atoms with Gasteiger partial charge < -0.3 is 4.57 Å². The number of aryl methyl sites for hydroxylation is 1. The van der Waals surface area contributed by atoms with Gasteiger partial charge in [0.2, 0.25) is 0 Å². The van der Waals surface area contributed by atoms with Crippen LogP contribution in [0.3, 0.4) is 0 Å². The molecule has 0 fully saturated rings. The zero-order chi connectivity index (χ0) is 10.7. The molecule has 2 aromatic rings. The van der Waals surface area contributed by atoms with Crippen molar-refractivity contribution in [3.05, 3.63) is 46.5 Å². The molecular weight excluding hydrogens is 188 g/mol. The van der Waals surface area contributed by atoms with E-state index in [0.29, 0.717) is 6.54 Å². The zero-order valence-corrected chi connectivity index (χ0v) is 8.59. The van der Waals surface area contributed by atoms with E-state index in [1.807, 2.05) is 13.2 Å². The van der Waals surface area contributed by atoms with Gasteiger partial charge in [-0.25, -0.2) is 0 Å². The van der Waals surface area contributed by atoms with Crippen LogP contribution in [-0.2, 0) is 13.5 Å². The smallest absolute Gasteiger partial charge is 0.0477 e. The Labute approximate surface area is 87.8 Å². The first-order valence-electron chi connectivity index (χ1n) is 4.86. The molecule has 0 aliphatic heterocycles. The molecule has 0 bridgehead atoms. The lowest BCUT2D eigenvalue weighted by Gasteiger charge is -2.00. The van der Waals surface area contributed by atoms with Gasteiger partial charge in [0.1, 0.15) is 0 Å². The minimum atomic E-state index is 0.523. The molecule has 0 N–H and O–H groups in total. The van der Waals surface area contributed by atoms with Crippen LogP contribution in [-0.4, -0.2) is 11.1 Å². The van der Waals surface area contributed by atoms with E-state index in [1.165, 1.54) is 16.5 Å². The van der Waals surface area contributed by atoms with Crippen LogP contribution in [0.4, 0.5) is 0 Å². The molecule has 0 unspecified atom stereocenters. The van der Waals surface area contributed by atoms with Crippen LogP contribution in [0.1, 0.15) is 5.56 Å². The fourth-order valence-corrected chi connectivity index (χ4v) is 1.71. The molecule has 4 nitrogen and oxygen atoms in total. The quantitative estimate of drug-likeness (QED) is 0.415. The van der Waals surface area contributed by atoms with Gasteiger partial charge in [0.05, 0.1) is 0 Å². The third-order valence-electron chi connectivity index (χ3n) is 2.51. The molecule has 0 aliphatic carbocycles. The van der Waals surface area contributed by atoms with E-state index in [1.54, 1.807) is 0 Å². The van der Waals surface area contributed by atoms with Gasteiger partial charge in [0, 0.05) is 30.2 Å². The second-order valence-corrected chi connectivity index (χ2v) is 3.52. The summed E-state index contributed by atoms with van der Waals surface area (Å²) in [5.74, 6) is 0. The standard InChI is InChI=1S/C11H12N4/c1-15-7-5-10-8-9(2-3-11(10)15)4-6-13-14-12/h2-3,5,7-8H,4,6H2,1H3. The summed E-state index contributed by atoms with van der Waals surface area (Å²) in [5.41, 5.74) is 10.6. The van der Waals surface area contributed by atoms with Crippen molar-refractivity contribution in [3.63, 3.8) is 0 Å². The summed E-state index contributed by atoms with van der Waals surface area (Å²) in [6.07, 6.45) is 2.84. The van der Waals surface area contributed by atoms with Gasteiger partial charge >= 0.3 is 0 Å². The van der Waals surface area contributed by atoms with Gasteiger partial charge in [-0.15, -0.1) is 0 Å². The summed E-state index contributed by atoms with van der Waals surface area (Å²) >= 11 is 0. The summed E-state index contributed by atoms with van der Waals surface area (Å²) < 4.78 is 2.09. The Kier molecular flexibility index (Phi) is 2.61. The van der Waals surface area contributed by atoms with E-state index >= 15 is 0 Å². The van der Waals surface area contributed by atoms with Crippen molar-refractivity contribution in [2.24, 2.45) is 12.2 Å². The van der Waals surface area contributed by atoms with E-state index in [-0.39, 0.29) is 0 Å². The highest BCUT2D eigenvalue weighted by molar-refractivity contribution is 5.80. The molecule has 0 saturated carbocycles. The Balaban J connectivity index is 2.27. The first-order chi connectivity index (χ1) is 7.31. The Morgan fingerprint density at radius 3 is 3.07 bits per heavy atom. The summed E-state index contributed by atoms with van der Waals surface area (Å²) in [6.45, 7) is 0.523. The number of benzene rings is 1. The first kappa shape index (κ1) is 9.62. The third-order valence-corrected chi connectivity index (χ3v) is 2.51. The molecule has 0 spiro atoms. The first-order valence-corrected chi connectivity index (χ1v) is 4.86. The molecular formula is C11H12N4. The average molecular weight is 200 g/mol. The second-order valence-electron chi connectivity index (χ2n) is 3.52. The van der Waals surface area contributed by atoms with Crippen LogP contribution in [0.15, 0.2) is 35.6 Å². The summed E-state index contributed by atoms with van der Waals surface area (Å²) in [4.78, 5) is 2.74. The molecule has 2 rings (SSSR count). The normalized spacial score (nSPS) is 10.2. The fraction of sp³-hybridized carbons (Fsp3) is 0.273. The Hall–Kier alpha value is -1.93. The molecule has 0 amide bonds. The second kappa shape index (κ2) is 4.07. The number of aromatic nitrogens is 1. The molecule has 0 aliphatic rings. The minimum Gasteiger partial charge on any atom is -0.351 e. The lowest BCUT2D eigenvalue weighted by atomic mass is 10.1. The van der Waals surface area contributed by atoms with E-state index in [4.69, 9.17) is 5.53 Å². The monoisotopic (exact) mass is 200 g/mol. The predicted molar refractivity (Wildman–Crippen MR) is 60.6 cm³/mol. The SMILES string of the molecule is Cn1ccc2cc(CCN=[N+]=[N-])ccc21. The van der Waals surface area contributed by atoms with Crippen molar-refractivity contribution >= 4 is 10.9 Å². The molecule has 0 radical (unpaired) electrons. The highest BCUT2D eigenvalue weighted by Gasteiger charge is 1.98. The number of nitrogens with zero attached hydrogens (tertiary/aromatic N) is 4. The number of rotatable bonds is 3. The molecule has 1 aromatic carbocycles. The van der Waals surface area contributed by atoms with E-state index in [9.17, 15) is 0 Å². The van der Waals surface area contributed by atoms with Gasteiger partial charge in [0.25, 0.3) is 0 Å². The lowest BCUT2D eigenvalue weighted by Crippen LogP contribution is -1.89. The molecule has 0 saturated heterocycles. The Morgan fingerprint density at radius 2 is 2.27 bits per heavy atom. The summed E-state index contributed by atoms with van der Waals surface area (Å²) in [5, 5.41) is 4.76. The largest absolute Gasteiger partial charge is 0.351 e. The Morgan fingerprint density at radius 1 is 1.40 bits per heavy atom. The van der Waals surface area contributed by atoms with E-state index < -0.39 is 0 Å². The maximum absolute atomic E-state index is 8.17. The van der Waals surface area contributed by atoms with Crippen LogP contribution >= 0.6 is 0 Å². The van der Waals surface area contributed by atoms with Crippen molar-refractivity contribution in [2.75, 3.05) is 6.54 Å². The maximum Gasteiger partial charge on any atom is 0.0477 e. The van der Waals surface area contributed by atoms with Crippen molar-refractivity contribution in [2.45, 2.75) is 6.42 Å². The predicted octanol–water partition coefficient (Wildman–Crippen LogP) is 3.03. The van der Waals surface area contributed by atoms with Crippen molar-refractivity contribution < 1.29 is 0 Å².